The molecule has 2 rings (SSSR count). The fourth-order valence-corrected chi connectivity index (χ4v) is 2.71. The van der Waals surface area contributed by atoms with Gasteiger partial charge < -0.3 is 5.32 Å². The smallest absolute Gasteiger partial charge is 0.237 e. The second-order valence-electron chi connectivity index (χ2n) is 4.09. The van der Waals surface area contributed by atoms with Crippen molar-refractivity contribution in [3.63, 3.8) is 0 Å². The Kier molecular flexibility index (Phi) is 3.70. The first-order chi connectivity index (χ1) is 8.20. The molecule has 0 fully saturated rings. The van der Waals surface area contributed by atoms with Gasteiger partial charge in [0.2, 0.25) is 5.91 Å². The second-order valence-corrected chi connectivity index (χ2v) is 5.47. The summed E-state index contributed by atoms with van der Waals surface area (Å²) in [5.74, 6) is 0.0664. The van der Waals surface area contributed by atoms with Gasteiger partial charge in [0.15, 0.2) is 0 Å². The van der Waals surface area contributed by atoms with Crippen molar-refractivity contribution in [2.24, 2.45) is 0 Å². The average Bonchev–Trinajstić information content (AvgIpc) is 2.31. The molecule has 1 aromatic carbocycles. The van der Waals surface area contributed by atoms with E-state index in [1.54, 1.807) is 11.8 Å². The van der Waals surface area contributed by atoms with E-state index >= 15 is 0 Å². The maximum absolute atomic E-state index is 11.6. The van der Waals surface area contributed by atoms with E-state index in [1.807, 2.05) is 13.0 Å². The Morgan fingerprint density at radius 3 is 3.12 bits per heavy atom. The van der Waals surface area contributed by atoms with E-state index < -0.39 is 0 Å². The van der Waals surface area contributed by atoms with Crippen LogP contribution in [0.2, 0.25) is 0 Å². The number of rotatable bonds is 3. The highest BCUT2D eigenvalue weighted by Gasteiger charge is 2.22. The maximum Gasteiger partial charge on any atom is 0.237 e. The van der Waals surface area contributed by atoms with E-state index in [0.29, 0.717) is 6.42 Å². The van der Waals surface area contributed by atoms with Crippen LogP contribution in [0, 0.1) is 11.3 Å². The highest BCUT2D eigenvalue weighted by Crippen LogP contribution is 2.36. The molecule has 0 radical (unpaired) electrons. The summed E-state index contributed by atoms with van der Waals surface area (Å²) in [5.41, 5.74) is 2.09. The molecule has 0 aromatic heterocycles. The van der Waals surface area contributed by atoms with Crippen molar-refractivity contribution < 1.29 is 4.79 Å². The highest BCUT2D eigenvalue weighted by atomic mass is 32.2. The number of anilines is 1. The number of hydrogen-bond acceptors (Lipinski definition) is 3. The van der Waals surface area contributed by atoms with Gasteiger partial charge in [-0.1, -0.05) is 6.07 Å². The predicted molar refractivity (Wildman–Crippen MR) is 68.9 cm³/mol. The van der Waals surface area contributed by atoms with Crippen LogP contribution in [0.15, 0.2) is 23.1 Å². The van der Waals surface area contributed by atoms with Crippen molar-refractivity contribution in [2.45, 2.75) is 36.3 Å². The van der Waals surface area contributed by atoms with Gasteiger partial charge in [-0.3, -0.25) is 4.79 Å². The van der Waals surface area contributed by atoms with Crippen molar-refractivity contribution in [2.75, 3.05) is 5.32 Å². The zero-order chi connectivity index (χ0) is 12.3. The molecule has 0 saturated heterocycles. The number of thioether (sulfide) groups is 1. The van der Waals surface area contributed by atoms with Gasteiger partial charge in [0.1, 0.15) is 0 Å². The fraction of sp³-hybridized carbons (Fsp3) is 0.385. The molecule has 88 valence electrons. The molecule has 0 saturated carbocycles. The molecule has 4 heteroatoms. The van der Waals surface area contributed by atoms with E-state index in [2.05, 4.69) is 23.5 Å². The molecule has 1 aromatic rings. The number of carbonyl (C=O) groups excluding carboxylic acids is 1. The fourth-order valence-electron chi connectivity index (χ4n) is 1.78. The molecular formula is C13H14N2OS. The summed E-state index contributed by atoms with van der Waals surface area (Å²) >= 11 is 1.59. The van der Waals surface area contributed by atoms with Crippen molar-refractivity contribution in [1.29, 1.82) is 5.26 Å². The lowest BCUT2D eigenvalue weighted by Gasteiger charge is -2.21. The van der Waals surface area contributed by atoms with E-state index in [-0.39, 0.29) is 11.2 Å². The van der Waals surface area contributed by atoms with Crippen molar-refractivity contribution in [1.82, 2.24) is 0 Å². The lowest BCUT2D eigenvalue weighted by Crippen LogP contribution is -2.26. The van der Waals surface area contributed by atoms with Crippen molar-refractivity contribution in [3.05, 3.63) is 23.8 Å². The molecule has 1 atom stereocenters. The summed E-state index contributed by atoms with van der Waals surface area (Å²) in [6, 6.07) is 8.29. The Balaban J connectivity index is 2.12. The molecule has 0 aliphatic carbocycles. The summed E-state index contributed by atoms with van der Waals surface area (Å²) < 4.78 is 0. The van der Waals surface area contributed by atoms with Crippen molar-refractivity contribution >= 4 is 23.4 Å². The number of benzene rings is 1. The summed E-state index contributed by atoms with van der Waals surface area (Å²) in [5, 5.41) is 11.4. The van der Waals surface area contributed by atoms with Crippen LogP contribution in [0.3, 0.4) is 0 Å². The Morgan fingerprint density at radius 1 is 1.53 bits per heavy atom. The summed E-state index contributed by atoms with van der Waals surface area (Å²) in [7, 11) is 0. The predicted octanol–water partition coefficient (Wildman–Crippen LogP) is 2.97. The Morgan fingerprint density at radius 2 is 2.35 bits per heavy atom. The van der Waals surface area contributed by atoms with E-state index in [9.17, 15) is 4.79 Å². The number of nitriles is 1. The summed E-state index contributed by atoms with van der Waals surface area (Å²) in [6.07, 6.45) is 2.33. The zero-order valence-electron chi connectivity index (χ0n) is 9.69. The molecule has 1 aliphatic rings. The number of fused-ring (bicyclic) bond motifs is 1. The van der Waals surface area contributed by atoms with E-state index in [4.69, 9.17) is 5.26 Å². The van der Waals surface area contributed by atoms with Crippen molar-refractivity contribution in [3.8, 4) is 6.07 Å². The first-order valence-electron chi connectivity index (χ1n) is 5.68. The molecule has 0 spiro atoms. The molecule has 3 nitrogen and oxygen atoms in total. The lowest BCUT2D eigenvalue weighted by atomic mass is 10.1. The van der Waals surface area contributed by atoms with Gasteiger partial charge in [-0.25, -0.2) is 0 Å². The highest BCUT2D eigenvalue weighted by molar-refractivity contribution is 8.00. The van der Waals surface area contributed by atoms with E-state index in [0.717, 1.165) is 23.4 Å². The number of unbranched alkanes of at least 4 members (excludes halogenated alkanes) is 1. The van der Waals surface area contributed by atoms with Gasteiger partial charge >= 0.3 is 0 Å². The van der Waals surface area contributed by atoms with Gasteiger partial charge in [0.05, 0.1) is 17.0 Å². The van der Waals surface area contributed by atoms with Gasteiger partial charge in [-0.15, -0.1) is 11.8 Å². The number of hydrogen-bond donors (Lipinski definition) is 1. The molecule has 1 unspecified atom stereocenters. The number of aryl methyl sites for hydroxylation is 1. The van der Waals surface area contributed by atoms with E-state index in [1.165, 1.54) is 5.56 Å². The van der Waals surface area contributed by atoms with Crippen LogP contribution < -0.4 is 5.32 Å². The second kappa shape index (κ2) is 5.24. The third-order valence-corrected chi connectivity index (χ3v) is 3.91. The maximum atomic E-state index is 11.6. The number of carbonyl (C=O) groups is 1. The molecule has 1 amide bonds. The molecule has 1 N–H and O–H groups in total. The summed E-state index contributed by atoms with van der Waals surface area (Å²) in [4.78, 5) is 12.7. The molecule has 1 heterocycles. The van der Waals surface area contributed by atoms with Gasteiger partial charge in [-0.2, -0.15) is 5.26 Å². The van der Waals surface area contributed by atoms with Crippen LogP contribution in [-0.2, 0) is 11.2 Å². The van der Waals surface area contributed by atoms with Gasteiger partial charge in [0, 0.05) is 11.3 Å². The number of amides is 1. The minimum Gasteiger partial charge on any atom is -0.324 e. The van der Waals surface area contributed by atoms with Crippen LogP contribution >= 0.6 is 11.8 Å². The molecule has 1 aliphatic heterocycles. The Labute approximate surface area is 105 Å². The SMILES string of the molecule is CC1Sc2ccc(CCCC#N)cc2NC1=O. The van der Waals surface area contributed by atoms with Crippen LogP contribution in [-0.4, -0.2) is 11.2 Å². The third kappa shape index (κ3) is 2.80. The Hall–Kier alpha value is -1.47. The zero-order valence-corrected chi connectivity index (χ0v) is 10.5. The minimum absolute atomic E-state index is 0.0214. The first-order valence-corrected chi connectivity index (χ1v) is 6.56. The van der Waals surface area contributed by atoms with Crippen LogP contribution in [0.25, 0.3) is 0 Å². The van der Waals surface area contributed by atoms with Crippen LogP contribution in [0.1, 0.15) is 25.3 Å². The Bertz CT molecular complexity index is 479. The number of nitrogens with one attached hydrogen (secondary N) is 1. The minimum atomic E-state index is -0.0214. The third-order valence-electron chi connectivity index (χ3n) is 2.73. The monoisotopic (exact) mass is 246 g/mol. The first kappa shape index (κ1) is 12.0. The van der Waals surface area contributed by atoms with Crippen LogP contribution in [0.4, 0.5) is 5.69 Å². The molecule has 0 bridgehead atoms. The average molecular weight is 246 g/mol. The largest absolute Gasteiger partial charge is 0.324 e. The standard InChI is InChI=1S/C13H14N2OS/c1-9-13(16)15-11-8-10(4-2-3-7-14)5-6-12(11)17-9/h5-6,8-9H,2-4H2,1H3,(H,15,16). The topological polar surface area (TPSA) is 52.9 Å². The number of nitrogens with zero attached hydrogens (tertiary/aromatic N) is 1. The molecular weight excluding hydrogens is 232 g/mol. The quantitative estimate of drug-likeness (QED) is 0.834. The van der Waals surface area contributed by atoms with Gasteiger partial charge in [0.25, 0.3) is 0 Å². The van der Waals surface area contributed by atoms with Crippen LogP contribution in [0.5, 0.6) is 0 Å². The summed E-state index contributed by atoms with van der Waals surface area (Å²) in [6.45, 7) is 1.91. The lowest BCUT2D eigenvalue weighted by molar-refractivity contribution is -0.115. The van der Waals surface area contributed by atoms with Gasteiger partial charge in [-0.05, 0) is 37.5 Å². The molecule has 17 heavy (non-hydrogen) atoms. The normalized spacial score (nSPS) is 18.1.